The van der Waals surface area contributed by atoms with E-state index in [-0.39, 0.29) is 34.0 Å². The monoisotopic (exact) mass is 832 g/mol. The SMILES string of the molecule is COc1cc(C2C3=CCC4C(=O)N(c5ccc(I)cc5)C(=O)C4C3CC3(Cl)C(=O)N(c4c(F)c(F)c(F)c(F)c4F)C(=O)C23Cl)ccc1O. The lowest BCUT2D eigenvalue weighted by atomic mass is 9.56. The molecule has 8 nitrogen and oxygen atoms in total. The van der Waals surface area contributed by atoms with Gasteiger partial charge in [0.1, 0.15) is 5.69 Å². The average Bonchev–Trinajstić information content (AvgIpc) is 3.42. The molecule has 254 valence electrons. The summed E-state index contributed by atoms with van der Waals surface area (Å²) in [6, 6.07) is 10.3. The molecule has 2 aliphatic heterocycles. The van der Waals surface area contributed by atoms with Crippen LogP contribution in [0.3, 0.4) is 0 Å². The molecule has 0 radical (unpaired) electrons. The van der Waals surface area contributed by atoms with Gasteiger partial charge in [-0.2, -0.15) is 0 Å². The average molecular weight is 833 g/mol. The zero-order valence-corrected chi connectivity index (χ0v) is 28.4. The number of amides is 4. The Hall–Kier alpha value is -3.76. The Bertz CT molecular complexity index is 2040. The third-order valence-electron chi connectivity index (χ3n) is 9.84. The number of benzene rings is 3. The van der Waals surface area contributed by atoms with Crippen LogP contribution in [0.15, 0.2) is 54.1 Å². The molecule has 1 N–H and O–H groups in total. The number of aromatic hydroxyl groups is 1. The van der Waals surface area contributed by atoms with E-state index in [2.05, 4.69) is 22.6 Å². The van der Waals surface area contributed by atoms with Gasteiger partial charge in [-0.05, 0) is 83.3 Å². The Morgan fingerprint density at radius 3 is 2.06 bits per heavy atom. The van der Waals surface area contributed by atoms with E-state index in [0.29, 0.717) is 5.69 Å². The van der Waals surface area contributed by atoms with Gasteiger partial charge in [-0.25, -0.2) is 26.9 Å². The summed E-state index contributed by atoms with van der Waals surface area (Å²) in [7, 11) is 1.23. The van der Waals surface area contributed by atoms with Gasteiger partial charge in [-0.15, -0.1) is 23.2 Å². The molecule has 4 aliphatic rings. The van der Waals surface area contributed by atoms with E-state index < -0.39 is 98.2 Å². The minimum absolute atomic E-state index is 0.0145. The van der Waals surface area contributed by atoms with Gasteiger partial charge >= 0.3 is 0 Å². The topological polar surface area (TPSA) is 104 Å². The number of nitrogens with zero attached hydrogens (tertiary/aromatic N) is 2. The maximum atomic E-state index is 15.2. The molecule has 2 saturated heterocycles. The summed E-state index contributed by atoms with van der Waals surface area (Å²) in [5.74, 6) is -21.7. The number of carbonyl (C=O) groups excluding carboxylic acids is 4. The molecule has 0 aromatic heterocycles. The molecule has 16 heteroatoms. The molecule has 3 fully saturated rings. The molecule has 49 heavy (non-hydrogen) atoms. The summed E-state index contributed by atoms with van der Waals surface area (Å²) in [5.41, 5.74) is -1.21. The van der Waals surface area contributed by atoms with Crippen molar-refractivity contribution in [2.75, 3.05) is 16.9 Å². The molecule has 6 atom stereocenters. The highest BCUT2D eigenvalue weighted by atomic mass is 127. The van der Waals surface area contributed by atoms with E-state index in [1.807, 2.05) is 0 Å². The number of hydrogen-bond donors (Lipinski definition) is 1. The summed E-state index contributed by atoms with van der Waals surface area (Å²) in [6.07, 6.45) is 0.935. The predicted molar refractivity (Wildman–Crippen MR) is 173 cm³/mol. The van der Waals surface area contributed by atoms with Crippen LogP contribution in [-0.2, 0) is 19.2 Å². The Labute approximate surface area is 297 Å². The number of halogens is 8. The number of ether oxygens (including phenoxy) is 1. The maximum Gasteiger partial charge on any atom is 0.258 e. The highest BCUT2D eigenvalue weighted by Gasteiger charge is 2.77. The van der Waals surface area contributed by atoms with Crippen molar-refractivity contribution in [3.05, 3.63) is 92.3 Å². The second-order valence-corrected chi connectivity index (χ2v) is 14.6. The molecule has 3 aromatic rings. The van der Waals surface area contributed by atoms with Crippen LogP contribution in [0.1, 0.15) is 24.3 Å². The fraction of sp³-hybridized carbons (Fsp3) is 0.273. The minimum Gasteiger partial charge on any atom is -0.504 e. The molecular weight excluding hydrogens is 813 g/mol. The number of allylic oxidation sites excluding steroid dienone is 2. The van der Waals surface area contributed by atoms with Gasteiger partial charge in [0.25, 0.3) is 11.8 Å². The van der Waals surface area contributed by atoms with Crippen LogP contribution in [0, 0.1) is 50.4 Å². The highest BCUT2D eigenvalue weighted by Crippen LogP contribution is 2.66. The maximum absolute atomic E-state index is 15.2. The van der Waals surface area contributed by atoms with Crippen molar-refractivity contribution in [3.8, 4) is 11.5 Å². The highest BCUT2D eigenvalue weighted by molar-refractivity contribution is 14.1. The first-order valence-electron chi connectivity index (χ1n) is 14.6. The summed E-state index contributed by atoms with van der Waals surface area (Å²) in [4.78, 5) is 51.9. The Kier molecular flexibility index (Phi) is 7.83. The molecule has 1 saturated carbocycles. The molecule has 4 amide bonds. The molecule has 7 rings (SSSR count). The van der Waals surface area contributed by atoms with Crippen molar-refractivity contribution in [2.45, 2.75) is 28.5 Å². The van der Waals surface area contributed by atoms with Gasteiger partial charge in [0.15, 0.2) is 44.5 Å². The van der Waals surface area contributed by atoms with E-state index in [1.54, 1.807) is 30.3 Å². The first-order chi connectivity index (χ1) is 23.1. The fourth-order valence-electron chi connectivity index (χ4n) is 7.66. The number of phenolic OH excluding ortho intramolecular Hbond substituents is 1. The van der Waals surface area contributed by atoms with Crippen LogP contribution < -0.4 is 14.5 Å². The van der Waals surface area contributed by atoms with Crippen molar-refractivity contribution < 1.29 is 51.0 Å². The van der Waals surface area contributed by atoms with Crippen LogP contribution >= 0.6 is 45.8 Å². The van der Waals surface area contributed by atoms with Crippen molar-refractivity contribution in [3.63, 3.8) is 0 Å². The Morgan fingerprint density at radius 1 is 0.837 bits per heavy atom. The van der Waals surface area contributed by atoms with E-state index in [4.69, 9.17) is 27.9 Å². The summed E-state index contributed by atoms with van der Waals surface area (Å²) in [5, 5.41) is 10.3. The molecule has 2 aliphatic carbocycles. The smallest absolute Gasteiger partial charge is 0.258 e. The number of alkyl halides is 2. The van der Waals surface area contributed by atoms with E-state index >= 15 is 8.78 Å². The molecule has 2 heterocycles. The first kappa shape index (κ1) is 33.7. The Morgan fingerprint density at radius 2 is 1.45 bits per heavy atom. The summed E-state index contributed by atoms with van der Waals surface area (Å²) >= 11 is 16.3. The molecule has 0 spiro atoms. The van der Waals surface area contributed by atoms with Crippen LogP contribution in [0.4, 0.5) is 33.3 Å². The fourth-order valence-corrected chi connectivity index (χ4v) is 8.95. The number of fused-ring (bicyclic) bond motifs is 4. The van der Waals surface area contributed by atoms with Gasteiger partial charge in [0, 0.05) is 9.49 Å². The van der Waals surface area contributed by atoms with E-state index in [9.17, 15) is 37.5 Å². The van der Waals surface area contributed by atoms with Crippen molar-refractivity contribution in [1.82, 2.24) is 0 Å². The van der Waals surface area contributed by atoms with Gasteiger partial charge in [0.05, 0.1) is 24.6 Å². The second-order valence-electron chi connectivity index (χ2n) is 12.1. The minimum atomic E-state index is -2.69. The zero-order valence-electron chi connectivity index (χ0n) is 24.7. The van der Waals surface area contributed by atoms with Gasteiger partial charge in [-0.1, -0.05) is 17.7 Å². The summed E-state index contributed by atoms with van der Waals surface area (Å²) < 4.78 is 79.3. The van der Waals surface area contributed by atoms with Gasteiger partial charge in [0.2, 0.25) is 17.6 Å². The number of carbonyl (C=O) groups is 4. The van der Waals surface area contributed by atoms with Gasteiger partial charge < -0.3 is 9.84 Å². The van der Waals surface area contributed by atoms with Crippen molar-refractivity contribution in [2.24, 2.45) is 17.8 Å². The number of hydrogen-bond acceptors (Lipinski definition) is 6. The lowest BCUT2D eigenvalue weighted by Crippen LogP contribution is -2.60. The van der Waals surface area contributed by atoms with Crippen LogP contribution in [0.25, 0.3) is 0 Å². The summed E-state index contributed by atoms with van der Waals surface area (Å²) in [6.45, 7) is 0. The number of rotatable bonds is 4. The first-order valence-corrected chi connectivity index (χ1v) is 16.4. The largest absolute Gasteiger partial charge is 0.504 e. The number of methoxy groups -OCH3 is 1. The van der Waals surface area contributed by atoms with Crippen LogP contribution in [-0.4, -0.2) is 45.6 Å². The van der Waals surface area contributed by atoms with E-state index in [1.165, 1.54) is 25.3 Å². The zero-order chi connectivity index (χ0) is 35.5. The molecular formula is C33H20Cl2F5IN2O6. The van der Waals surface area contributed by atoms with Crippen LogP contribution in [0.5, 0.6) is 11.5 Å². The van der Waals surface area contributed by atoms with Crippen molar-refractivity contribution >= 4 is 80.8 Å². The second kappa shape index (κ2) is 11.4. The quantitative estimate of drug-likeness (QED) is 0.0616. The lowest BCUT2D eigenvalue weighted by molar-refractivity contribution is -0.125. The molecule has 3 aromatic carbocycles. The van der Waals surface area contributed by atoms with E-state index in [0.717, 1.165) is 8.47 Å². The Balaban J connectivity index is 1.44. The third kappa shape index (κ3) is 4.38. The number of anilines is 2. The molecule has 0 bridgehead atoms. The third-order valence-corrected chi connectivity index (χ3v) is 12.0. The van der Waals surface area contributed by atoms with Crippen LogP contribution in [0.2, 0.25) is 0 Å². The predicted octanol–water partition coefficient (Wildman–Crippen LogP) is 6.47. The lowest BCUT2D eigenvalue weighted by Gasteiger charge is -2.50. The standard InChI is InChI=1S/C33H20Cl2F5IN2O6/c1-49-19-10-12(2-9-18(19)44)21-15-7-8-16-20(29(46)42(28(16)45)14-5-3-13(41)4-6-14)17(15)11-32(34)30(47)43(31(48)33(21,32)35)27-25(39)23(37)22(36)24(38)26(27)40/h2-7,9-10,16-17,20-21,44H,8,11H2,1H3. The number of imide groups is 2. The molecule has 6 unspecified atom stereocenters. The normalized spacial score (nSPS) is 29.2. The van der Waals surface area contributed by atoms with Crippen molar-refractivity contribution in [1.29, 1.82) is 0 Å². The number of phenols is 1. The van der Waals surface area contributed by atoms with Gasteiger partial charge in [-0.3, -0.25) is 24.1 Å².